The van der Waals surface area contributed by atoms with Crippen molar-refractivity contribution in [3.05, 3.63) is 52.8 Å². The summed E-state index contributed by atoms with van der Waals surface area (Å²) in [5, 5.41) is 9.90. The van der Waals surface area contributed by atoms with Gasteiger partial charge in [-0.05, 0) is 24.3 Å². The van der Waals surface area contributed by atoms with Crippen molar-refractivity contribution in [2.75, 3.05) is 26.3 Å². The highest BCUT2D eigenvalue weighted by molar-refractivity contribution is 6.30. The fourth-order valence-corrected chi connectivity index (χ4v) is 2.64. The first-order chi connectivity index (χ1) is 11.7. The molecule has 5 nitrogen and oxygen atoms in total. The van der Waals surface area contributed by atoms with E-state index in [1.165, 1.54) is 6.08 Å². The van der Waals surface area contributed by atoms with E-state index in [0.29, 0.717) is 42.8 Å². The molecular weight excluding hydrogens is 328 g/mol. The van der Waals surface area contributed by atoms with Crippen molar-refractivity contribution in [1.29, 1.82) is 5.26 Å². The highest BCUT2D eigenvalue weighted by atomic mass is 35.5. The topological polar surface area (TPSA) is 66.5 Å². The van der Waals surface area contributed by atoms with Crippen LogP contribution in [-0.2, 0) is 9.53 Å². The molecule has 1 aliphatic rings. The second kappa shape index (κ2) is 7.35. The molecule has 0 spiro atoms. The molecule has 1 amide bonds. The molecule has 0 atom stereocenters. The van der Waals surface area contributed by atoms with E-state index in [1.807, 2.05) is 18.2 Å². The Morgan fingerprint density at radius 3 is 2.75 bits per heavy atom. The molecule has 0 bridgehead atoms. The highest BCUT2D eigenvalue weighted by Crippen LogP contribution is 2.25. The second-order valence-corrected chi connectivity index (χ2v) is 5.72. The Labute approximate surface area is 144 Å². The first kappa shape index (κ1) is 16.3. The summed E-state index contributed by atoms with van der Waals surface area (Å²) in [7, 11) is 0. The van der Waals surface area contributed by atoms with Gasteiger partial charge in [0.25, 0.3) is 5.91 Å². The molecule has 0 N–H and O–H groups in total. The minimum Gasteiger partial charge on any atom is -0.457 e. The standard InChI is InChI=1S/C18H15ClN2O3/c19-15-3-1-2-13(10-15)17-5-4-16(24-17)11-14(12-20)18(22)21-6-8-23-9-7-21/h1-5,10-11H,6-9H2. The fraction of sp³-hybridized carbons (Fsp3) is 0.222. The summed E-state index contributed by atoms with van der Waals surface area (Å²) < 4.78 is 10.9. The number of halogens is 1. The number of carbonyl (C=O) groups is 1. The molecule has 6 heteroatoms. The SMILES string of the molecule is N#CC(=Cc1ccc(-c2cccc(Cl)c2)o1)C(=O)N1CCOCC1. The van der Waals surface area contributed by atoms with Gasteiger partial charge in [0.05, 0.1) is 13.2 Å². The van der Waals surface area contributed by atoms with Gasteiger partial charge in [-0.25, -0.2) is 0 Å². The number of hydrogen-bond donors (Lipinski definition) is 0. The van der Waals surface area contributed by atoms with E-state index in [4.69, 9.17) is 20.8 Å². The summed E-state index contributed by atoms with van der Waals surface area (Å²) in [6.07, 6.45) is 1.46. The summed E-state index contributed by atoms with van der Waals surface area (Å²) in [4.78, 5) is 14.0. The van der Waals surface area contributed by atoms with Crippen LogP contribution in [0, 0.1) is 11.3 Å². The maximum absolute atomic E-state index is 12.4. The first-order valence-electron chi connectivity index (χ1n) is 7.52. The molecule has 1 aromatic carbocycles. The number of morpholine rings is 1. The molecule has 1 saturated heterocycles. The van der Waals surface area contributed by atoms with Gasteiger partial charge in [0.1, 0.15) is 23.2 Å². The minimum absolute atomic E-state index is 0.0453. The molecular formula is C18H15ClN2O3. The van der Waals surface area contributed by atoms with Crippen LogP contribution < -0.4 is 0 Å². The number of nitriles is 1. The molecule has 2 heterocycles. The average Bonchev–Trinajstić information content (AvgIpc) is 3.08. The maximum atomic E-state index is 12.4. The molecule has 122 valence electrons. The van der Waals surface area contributed by atoms with Gasteiger partial charge in [-0.1, -0.05) is 23.7 Å². The molecule has 3 rings (SSSR count). The first-order valence-corrected chi connectivity index (χ1v) is 7.90. The quantitative estimate of drug-likeness (QED) is 0.633. The molecule has 0 saturated carbocycles. The summed E-state index contributed by atoms with van der Waals surface area (Å²) in [6, 6.07) is 12.7. The maximum Gasteiger partial charge on any atom is 0.264 e. The van der Waals surface area contributed by atoms with Crippen LogP contribution in [0.1, 0.15) is 5.76 Å². The Kier molecular flexibility index (Phi) is 4.99. The van der Waals surface area contributed by atoms with Crippen LogP contribution >= 0.6 is 11.6 Å². The van der Waals surface area contributed by atoms with Crippen molar-refractivity contribution < 1.29 is 13.9 Å². The van der Waals surface area contributed by atoms with E-state index in [-0.39, 0.29) is 11.5 Å². The molecule has 24 heavy (non-hydrogen) atoms. The zero-order valence-corrected chi connectivity index (χ0v) is 13.6. The van der Waals surface area contributed by atoms with Crippen molar-refractivity contribution >= 4 is 23.6 Å². The van der Waals surface area contributed by atoms with Crippen molar-refractivity contribution in [2.45, 2.75) is 0 Å². The van der Waals surface area contributed by atoms with Gasteiger partial charge in [-0.15, -0.1) is 0 Å². The van der Waals surface area contributed by atoms with Crippen LogP contribution in [-0.4, -0.2) is 37.1 Å². The number of furan rings is 1. The predicted octanol–water partition coefficient (Wildman–Crippen LogP) is 3.37. The lowest BCUT2D eigenvalue weighted by Gasteiger charge is -2.26. The predicted molar refractivity (Wildman–Crippen MR) is 90.1 cm³/mol. The Hall–Kier alpha value is -2.55. The Bertz CT molecular complexity index is 814. The summed E-state index contributed by atoms with van der Waals surface area (Å²) >= 11 is 5.98. The van der Waals surface area contributed by atoms with Crippen molar-refractivity contribution in [2.24, 2.45) is 0 Å². The monoisotopic (exact) mass is 342 g/mol. The molecule has 1 aromatic heterocycles. The number of amides is 1. The van der Waals surface area contributed by atoms with Gasteiger partial charge < -0.3 is 14.1 Å². The zero-order valence-electron chi connectivity index (χ0n) is 12.9. The number of hydrogen-bond acceptors (Lipinski definition) is 4. The lowest BCUT2D eigenvalue weighted by molar-refractivity contribution is -0.130. The van der Waals surface area contributed by atoms with Crippen LogP contribution in [0.25, 0.3) is 17.4 Å². The van der Waals surface area contributed by atoms with Gasteiger partial charge in [0.15, 0.2) is 0 Å². The molecule has 0 radical (unpaired) electrons. The number of benzene rings is 1. The smallest absolute Gasteiger partial charge is 0.264 e. The van der Waals surface area contributed by atoms with Crippen LogP contribution in [0.5, 0.6) is 0 Å². The average molecular weight is 343 g/mol. The van der Waals surface area contributed by atoms with E-state index in [2.05, 4.69) is 0 Å². The molecule has 1 aliphatic heterocycles. The van der Waals surface area contributed by atoms with Crippen molar-refractivity contribution in [3.8, 4) is 17.4 Å². The number of rotatable bonds is 3. The summed E-state index contributed by atoms with van der Waals surface area (Å²) in [5.41, 5.74) is 0.879. The minimum atomic E-state index is -0.304. The highest BCUT2D eigenvalue weighted by Gasteiger charge is 2.21. The zero-order chi connectivity index (χ0) is 16.9. The Morgan fingerprint density at radius 1 is 1.25 bits per heavy atom. The van der Waals surface area contributed by atoms with Gasteiger partial charge in [-0.2, -0.15) is 5.26 Å². The third kappa shape index (κ3) is 3.67. The third-order valence-electron chi connectivity index (χ3n) is 3.67. The van der Waals surface area contributed by atoms with Crippen molar-refractivity contribution in [3.63, 3.8) is 0 Å². The van der Waals surface area contributed by atoms with Crippen LogP contribution in [0.3, 0.4) is 0 Å². The van der Waals surface area contributed by atoms with E-state index in [1.54, 1.807) is 29.2 Å². The normalized spacial score (nSPS) is 15.2. The van der Waals surface area contributed by atoms with E-state index in [0.717, 1.165) is 5.56 Å². The molecule has 0 unspecified atom stereocenters. The third-order valence-corrected chi connectivity index (χ3v) is 3.91. The number of nitrogens with zero attached hydrogens (tertiary/aromatic N) is 2. The Balaban J connectivity index is 1.82. The number of ether oxygens (including phenoxy) is 1. The largest absolute Gasteiger partial charge is 0.457 e. The Morgan fingerprint density at radius 2 is 2.04 bits per heavy atom. The molecule has 0 aliphatic carbocycles. The van der Waals surface area contributed by atoms with E-state index >= 15 is 0 Å². The lowest BCUT2D eigenvalue weighted by atomic mass is 10.2. The van der Waals surface area contributed by atoms with Gasteiger partial charge in [-0.3, -0.25) is 4.79 Å². The lowest BCUT2D eigenvalue weighted by Crippen LogP contribution is -2.41. The fourth-order valence-electron chi connectivity index (χ4n) is 2.45. The van der Waals surface area contributed by atoms with Crippen LogP contribution in [0.2, 0.25) is 5.02 Å². The van der Waals surface area contributed by atoms with Gasteiger partial charge in [0.2, 0.25) is 0 Å². The van der Waals surface area contributed by atoms with Crippen LogP contribution in [0.4, 0.5) is 0 Å². The van der Waals surface area contributed by atoms with E-state index < -0.39 is 0 Å². The van der Waals surface area contributed by atoms with Gasteiger partial charge >= 0.3 is 0 Å². The molecule has 2 aromatic rings. The second-order valence-electron chi connectivity index (χ2n) is 5.29. The van der Waals surface area contributed by atoms with Crippen LogP contribution in [0.15, 0.2) is 46.4 Å². The van der Waals surface area contributed by atoms with Crippen molar-refractivity contribution in [1.82, 2.24) is 4.90 Å². The summed E-state index contributed by atoms with van der Waals surface area (Å²) in [5.74, 6) is 0.768. The van der Waals surface area contributed by atoms with E-state index in [9.17, 15) is 10.1 Å². The van der Waals surface area contributed by atoms with Gasteiger partial charge in [0, 0.05) is 29.8 Å². The molecule has 1 fully saturated rings. The number of carbonyl (C=O) groups excluding carboxylic acids is 1. The summed E-state index contributed by atoms with van der Waals surface area (Å²) in [6.45, 7) is 1.96.